The van der Waals surface area contributed by atoms with Crippen molar-refractivity contribution in [2.45, 2.75) is 50.8 Å². The van der Waals surface area contributed by atoms with Gasteiger partial charge in [0.25, 0.3) is 0 Å². The summed E-state index contributed by atoms with van der Waals surface area (Å²) in [6, 6.07) is 0. The third-order valence-electron chi connectivity index (χ3n) is 3.92. The molecule has 84 valence electrons. The molecule has 3 rings (SSSR count). The van der Waals surface area contributed by atoms with Crippen LogP contribution >= 0.6 is 0 Å². The first-order valence-corrected chi connectivity index (χ1v) is 5.98. The van der Waals surface area contributed by atoms with Crippen LogP contribution in [0.4, 0.5) is 0 Å². The van der Waals surface area contributed by atoms with Crippen molar-refractivity contribution in [2.24, 2.45) is 11.8 Å². The summed E-state index contributed by atoms with van der Waals surface area (Å²) in [5.74, 6) is 0.573. The van der Waals surface area contributed by atoms with Gasteiger partial charge in [-0.2, -0.15) is 0 Å². The smallest absolute Gasteiger partial charge is 0.161 e. The number of ether oxygens (including phenoxy) is 2. The monoisotopic (exact) mass is 210 g/mol. The lowest BCUT2D eigenvalue weighted by molar-refractivity contribution is -0.129. The van der Waals surface area contributed by atoms with Crippen molar-refractivity contribution in [3.8, 4) is 0 Å². The third-order valence-corrected chi connectivity index (χ3v) is 3.92. The number of rotatable bonds is 3. The Morgan fingerprint density at radius 1 is 1.13 bits per heavy atom. The summed E-state index contributed by atoms with van der Waals surface area (Å²) in [4.78, 5) is 0. The van der Waals surface area contributed by atoms with Crippen molar-refractivity contribution in [3.05, 3.63) is 12.2 Å². The maximum absolute atomic E-state index is 9.86. The zero-order valence-corrected chi connectivity index (χ0v) is 9.00. The molecule has 1 N–H and O–H groups in total. The highest BCUT2D eigenvalue weighted by Gasteiger charge is 2.57. The van der Waals surface area contributed by atoms with Gasteiger partial charge in [-0.05, 0) is 6.42 Å². The minimum absolute atomic E-state index is 0.0987. The summed E-state index contributed by atoms with van der Waals surface area (Å²) in [7, 11) is 0. The molecule has 6 atom stereocenters. The van der Waals surface area contributed by atoms with E-state index in [0.717, 1.165) is 6.42 Å². The van der Waals surface area contributed by atoms with Gasteiger partial charge < -0.3 is 14.6 Å². The van der Waals surface area contributed by atoms with Gasteiger partial charge in [0, 0.05) is 11.8 Å². The zero-order valence-electron chi connectivity index (χ0n) is 9.00. The minimum Gasteiger partial charge on any atom is -0.368 e. The predicted molar refractivity (Wildman–Crippen MR) is 55.2 cm³/mol. The summed E-state index contributed by atoms with van der Waals surface area (Å²) < 4.78 is 11.4. The average Bonchev–Trinajstić information content (AvgIpc) is 2.88. The molecule has 0 radical (unpaired) electrons. The number of aliphatic hydroxyl groups excluding tert-OH is 1. The van der Waals surface area contributed by atoms with E-state index in [0.29, 0.717) is 5.92 Å². The van der Waals surface area contributed by atoms with Crippen molar-refractivity contribution in [1.29, 1.82) is 0 Å². The first kappa shape index (κ1) is 9.82. The Balaban J connectivity index is 1.75. The lowest BCUT2D eigenvalue weighted by Gasteiger charge is -2.20. The van der Waals surface area contributed by atoms with Crippen LogP contribution in [0.5, 0.6) is 0 Å². The van der Waals surface area contributed by atoms with E-state index in [-0.39, 0.29) is 24.2 Å². The molecular formula is C12H18O3. The van der Waals surface area contributed by atoms with Gasteiger partial charge in [-0.3, -0.25) is 0 Å². The summed E-state index contributed by atoms with van der Waals surface area (Å²) in [5, 5.41) is 9.86. The molecule has 2 saturated heterocycles. The van der Waals surface area contributed by atoms with Gasteiger partial charge in [-0.1, -0.05) is 31.9 Å². The maximum Gasteiger partial charge on any atom is 0.161 e. The van der Waals surface area contributed by atoms with E-state index in [1.165, 1.54) is 12.8 Å². The van der Waals surface area contributed by atoms with Gasteiger partial charge in [0.1, 0.15) is 0 Å². The highest BCUT2D eigenvalue weighted by atomic mass is 16.6. The van der Waals surface area contributed by atoms with Gasteiger partial charge in [0.15, 0.2) is 6.29 Å². The molecule has 0 aromatic heterocycles. The molecule has 0 saturated carbocycles. The fourth-order valence-electron chi connectivity index (χ4n) is 3.21. The SMILES string of the molecule is CCCC[C@@H]1OC(O)[C@@H]2[C@H]1[C@H]1C=C[C@@H]2O1. The van der Waals surface area contributed by atoms with E-state index in [2.05, 4.69) is 19.1 Å². The average molecular weight is 210 g/mol. The first-order valence-electron chi connectivity index (χ1n) is 5.98. The second-order valence-corrected chi connectivity index (χ2v) is 4.81. The molecule has 15 heavy (non-hydrogen) atoms. The predicted octanol–water partition coefficient (Wildman–Crippen LogP) is 1.46. The Kier molecular flexibility index (Phi) is 2.34. The van der Waals surface area contributed by atoms with Crippen LogP contribution in [0.1, 0.15) is 26.2 Å². The summed E-state index contributed by atoms with van der Waals surface area (Å²) >= 11 is 0. The van der Waals surface area contributed by atoms with Crippen molar-refractivity contribution in [1.82, 2.24) is 0 Å². The number of aliphatic hydroxyl groups is 1. The van der Waals surface area contributed by atoms with Crippen LogP contribution in [0.25, 0.3) is 0 Å². The zero-order chi connectivity index (χ0) is 10.4. The molecule has 0 amide bonds. The van der Waals surface area contributed by atoms with Crippen LogP contribution in [0.15, 0.2) is 12.2 Å². The van der Waals surface area contributed by atoms with E-state index in [1.807, 2.05) is 0 Å². The van der Waals surface area contributed by atoms with Crippen LogP contribution in [-0.2, 0) is 9.47 Å². The second kappa shape index (κ2) is 3.58. The number of hydrogen-bond donors (Lipinski definition) is 1. The minimum atomic E-state index is -0.614. The van der Waals surface area contributed by atoms with Crippen molar-refractivity contribution < 1.29 is 14.6 Å². The Labute approximate surface area is 90.1 Å². The van der Waals surface area contributed by atoms with Gasteiger partial charge in [0.2, 0.25) is 0 Å². The van der Waals surface area contributed by atoms with Crippen LogP contribution < -0.4 is 0 Å². The van der Waals surface area contributed by atoms with Crippen LogP contribution in [0, 0.1) is 11.8 Å². The third kappa shape index (κ3) is 1.37. The van der Waals surface area contributed by atoms with E-state index in [4.69, 9.17) is 9.47 Å². The van der Waals surface area contributed by atoms with Gasteiger partial charge in [0.05, 0.1) is 18.3 Å². The molecular weight excluding hydrogens is 192 g/mol. The molecule has 0 aromatic carbocycles. The molecule has 0 spiro atoms. The molecule has 2 bridgehead atoms. The Morgan fingerprint density at radius 2 is 1.87 bits per heavy atom. The molecule has 1 unspecified atom stereocenters. The van der Waals surface area contributed by atoms with Crippen molar-refractivity contribution in [3.63, 3.8) is 0 Å². The second-order valence-electron chi connectivity index (χ2n) is 4.81. The Hall–Kier alpha value is -0.380. The van der Waals surface area contributed by atoms with E-state index in [1.54, 1.807) is 0 Å². The molecule has 3 aliphatic heterocycles. The molecule has 2 fully saturated rings. The number of unbranched alkanes of at least 4 members (excludes halogenated alkanes) is 1. The highest BCUT2D eigenvalue weighted by molar-refractivity contribution is 5.18. The van der Waals surface area contributed by atoms with Crippen molar-refractivity contribution >= 4 is 0 Å². The molecule has 0 aromatic rings. The van der Waals surface area contributed by atoms with Gasteiger partial charge >= 0.3 is 0 Å². The standard InChI is InChI=1S/C12H18O3/c1-2-3-4-7-10-8-5-6-9(14-8)11(10)12(13)15-7/h5-13H,2-4H2,1H3/t7-,8+,9-,10+,11-,12?/m0/s1. The fraction of sp³-hybridized carbons (Fsp3) is 0.833. The molecule has 3 nitrogen and oxygen atoms in total. The Bertz CT molecular complexity index is 276. The number of hydrogen-bond acceptors (Lipinski definition) is 3. The molecule has 3 heteroatoms. The normalized spacial score (nSPS) is 51.3. The summed E-state index contributed by atoms with van der Waals surface area (Å²) in [6.45, 7) is 2.18. The van der Waals surface area contributed by atoms with Crippen LogP contribution in [-0.4, -0.2) is 29.7 Å². The lowest BCUT2D eigenvalue weighted by atomic mass is 9.80. The fourth-order valence-corrected chi connectivity index (χ4v) is 3.21. The number of fused-ring (bicyclic) bond motifs is 5. The van der Waals surface area contributed by atoms with E-state index < -0.39 is 6.29 Å². The van der Waals surface area contributed by atoms with Crippen LogP contribution in [0.2, 0.25) is 0 Å². The lowest BCUT2D eigenvalue weighted by Crippen LogP contribution is -2.29. The first-order chi connectivity index (χ1) is 7.31. The van der Waals surface area contributed by atoms with E-state index >= 15 is 0 Å². The van der Waals surface area contributed by atoms with E-state index in [9.17, 15) is 5.11 Å². The quantitative estimate of drug-likeness (QED) is 0.717. The van der Waals surface area contributed by atoms with Crippen LogP contribution in [0.3, 0.4) is 0 Å². The molecule has 3 heterocycles. The largest absolute Gasteiger partial charge is 0.368 e. The van der Waals surface area contributed by atoms with Gasteiger partial charge in [-0.25, -0.2) is 0 Å². The van der Waals surface area contributed by atoms with Gasteiger partial charge in [-0.15, -0.1) is 0 Å². The Morgan fingerprint density at radius 3 is 2.60 bits per heavy atom. The molecule has 0 aliphatic carbocycles. The highest BCUT2D eigenvalue weighted by Crippen LogP contribution is 2.49. The molecule has 3 aliphatic rings. The summed E-state index contributed by atoms with van der Waals surface area (Å²) in [6.07, 6.45) is 7.48. The van der Waals surface area contributed by atoms with Crippen molar-refractivity contribution in [2.75, 3.05) is 0 Å². The summed E-state index contributed by atoms with van der Waals surface area (Å²) in [5.41, 5.74) is 0. The maximum atomic E-state index is 9.86. The topological polar surface area (TPSA) is 38.7 Å².